The Hall–Kier alpha value is -0.930. The second kappa shape index (κ2) is 6.45. The number of rotatable bonds is 3. The van der Waals surface area contributed by atoms with Crippen LogP contribution in [0.3, 0.4) is 0 Å². The molecular weight excluding hydrogens is 326 g/mol. The summed E-state index contributed by atoms with van der Waals surface area (Å²) in [5.41, 5.74) is 1.76. The normalized spacial score (nSPS) is 24.1. The van der Waals surface area contributed by atoms with Gasteiger partial charge in [0, 0.05) is 9.86 Å². The fraction of sp³-hybridized carbons (Fsp3) is 0.500. The molecule has 3 unspecified atom stereocenters. The van der Waals surface area contributed by atoms with Gasteiger partial charge in [0.25, 0.3) is 0 Å². The summed E-state index contributed by atoms with van der Waals surface area (Å²) in [6, 6.07) is 10.1. The van der Waals surface area contributed by atoms with Crippen LogP contribution in [-0.2, 0) is 0 Å². The van der Waals surface area contributed by atoms with Crippen molar-refractivity contribution >= 4 is 26.8 Å². The molecule has 2 nitrogen and oxygen atoms in total. The van der Waals surface area contributed by atoms with E-state index >= 15 is 0 Å². The monoisotopic (exact) mass is 347 g/mol. The largest absolute Gasteiger partial charge is 0.386 e. The van der Waals surface area contributed by atoms with Crippen molar-refractivity contribution in [3.05, 3.63) is 40.5 Å². The summed E-state index contributed by atoms with van der Waals surface area (Å²) in [6.07, 6.45) is 5.53. The molecule has 1 heterocycles. The lowest BCUT2D eigenvalue weighted by atomic mass is 9.77. The Morgan fingerprint density at radius 3 is 2.95 bits per heavy atom. The summed E-state index contributed by atoms with van der Waals surface area (Å²) in [5.74, 6) is 1.10. The number of hydrogen-bond acceptors (Lipinski definition) is 2. The molecule has 1 N–H and O–H groups in total. The van der Waals surface area contributed by atoms with Gasteiger partial charge in [-0.25, -0.2) is 4.98 Å². The molecule has 0 spiro atoms. The maximum atomic E-state index is 10.8. The van der Waals surface area contributed by atoms with Gasteiger partial charge in [-0.05, 0) is 52.7 Å². The molecule has 112 valence electrons. The van der Waals surface area contributed by atoms with Gasteiger partial charge >= 0.3 is 0 Å². The Labute approximate surface area is 134 Å². The summed E-state index contributed by atoms with van der Waals surface area (Å²) >= 11 is 3.59. The van der Waals surface area contributed by atoms with Crippen molar-refractivity contribution in [2.75, 3.05) is 0 Å². The highest BCUT2D eigenvalue weighted by molar-refractivity contribution is 9.10. The third kappa shape index (κ3) is 3.14. The zero-order chi connectivity index (χ0) is 14.8. The summed E-state index contributed by atoms with van der Waals surface area (Å²) in [7, 11) is 0. The Morgan fingerprint density at radius 1 is 1.33 bits per heavy atom. The first-order valence-corrected chi connectivity index (χ1v) is 8.71. The number of aliphatic hydroxyl groups excluding tert-OH is 1. The molecule has 1 saturated carbocycles. The van der Waals surface area contributed by atoms with Gasteiger partial charge in [-0.3, -0.25) is 0 Å². The molecule has 0 bridgehead atoms. The van der Waals surface area contributed by atoms with Crippen LogP contribution in [0, 0.1) is 11.8 Å². The molecule has 3 atom stereocenters. The van der Waals surface area contributed by atoms with Crippen molar-refractivity contribution in [2.45, 2.75) is 45.1 Å². The van der Waals surface area contributed by atoms with Gasteiger partial charge in [-0.1, -0.05) is 44.4 Å². The van der Waals surface area contributed by atoms with Crippen LogP contribution >= 0.6 is 15.9 Å². The summed E-state index contributed by atoms with van der Waals surface area (Å²) in [4.78, 5) is 4.70. The van der Waals surface area contributed by atoms with Gasteiger partial charge in [0.15, 0.2) is 0 Å². The molecule has 21 heavy (non-hydrogen) atoms. The third-order valence-electron chi connectivity index (χ3n) is 4.83. The molecule has 0 amide bonds. The zero-order valence-electron chi connectivity index (χ0n) is 12.4. The average molecular weight is 348 g/mol. The lowest BCUT2D eigenvalue weighted by Gasteiger charge is -2.31. The molecule has 1 aromatic heterocycles. The van der Waals surface area contributed by atoms with Crippen LogP contribution in [0.2, 0.25) is 0 Å². The van der Waals surface area contributed by atoms with Crippen molar-refractivity contribution < 1.29 is 5.11 Å². The molecule has 3 rings (SSSR count). The first kappa shape index (κ1) is 15.0. The number of nitrogens with zero attached hydrogens (tertiary/aromatic N) is 1. The van der Waals surface area contributed by atoms with Gasteiger partial charge in [0.05, 0.1) is 17.3 Å². The molecule has 1 aromatic carbocycles. The van der Waals surface area contributed by atoms with Crippen LogP contribution in [0.1, 0.15) is 50.8 Å². The number of para-hydroxylation sites is 1. The van der Waals surface area contributed by atoms with Crippen molar-refractivity contribution in [2.24, 2.45) is 11.8 Å². The fourth-order valence-electron chi connectivity index (χ4n) is 3.53. The second-order valence-electron chi connectivity index (χ2n) is 6.19. The van der Waals surface area contributed by atoms with E-state index in [-0.39, 0.29) is 0 Å². The quantitative estimate of drug-likeness (QED) is 0.822. The van der Waals surface area contributed by atoms with Gasteiger partial charge in [0.2, 0.25) is 0 Å². The number of aliphatic hydroxyl groups is 1. The smallest absolute Gasteiger partial charge is 0.0999 e. The van der Waals surface area contributed by atoms with Crippen molar-refractivity contribution in [1.29, 1.82) is 0 Å². The number of aromatic nitrogens is 1. The Bertz CT molecular complexity index is 628. The summed E-state index contributed by atoms with van der Waals surface area (Å²) < 4.78 is 0.923. The van der Waals surface area contributed by atoms with Crippen molar-refractivity contribution in [3.8, 4) is 0 Å². The first-order valence-electron chi connectivity index (χ1n) is 7.92. The molecule has 0 aliphatic heterocycles. The lowest BCUT2D eigenvalue weighted by Crippen LogP contribution is -2.22. The maximum absolute atomic E-state index is 10.8. The number of benzene rings is 1. The summed E-state index contributed by atoms with van der Waals surface area (Å²) in [6.45, 7) is 2.25. The van der Waals surface area contributed by atoms with Crippen LogP contribution in [0.5, 0.6) is 0 Å². The molecule has 1 fully saturated rings. The number of halogens is 1. The van der Waals surface area contributed by atoms with E-state index in [2.05, 4.69) is 35.0 Å². The molecule has 3 heteroatoms. The SMILES string of the molecule is CCC1CCCC(C(O)c2nc3ccccc3cc2Br)C1. The molecule has 0 saturated heterocycles. The molecule has 2 aromatic rings. The van der Waals surface area contributed by atoms with Gasteiger partial charge in [-0.15, -0.1) is 0 Å². The highest BCUT2D eigenvalue weighted by Gasteiger charge is 2.29. The van der Waals surface area contributed by atoms with E-state index in [4.69, 9.17) is 4.98 Å². The van der Waals surface area contributed by atoms with Crippen LogP contribution in [0.15, 0.2) is 34.8 Å². The van der Waals surface area contributed by atoms with E-state index < -0.39 is 6.10 Å². The molecule has 0 radical (unpaired) electrons. The highest BCUT2D eigenvalue weighted by Crippen LogP contribution is 2.40. The van der Waals surface area contributed by atoms with Crippen LogP contribution < -0.4 is 0 Å². The number of fused-ring (bicyclic) bond motifs is 1. The predicted molar refractivity (Wildman–Crippen MR) is 90.1 cm³/mol. The summed E-state index contributed by atoms with van der Waals surface area (Å²) in [5, 5.41) is 11.9. The van der Waals surface area contributed by atoms with Crippen LogP contribution in [0.25, 0.3) is 10.9 Å². The fourth-order valence-corrected chi connectivity index (χ4v) is 4.10. The second-order valence-corrected chi connectivity index (χ2v) is 7.05. The molecule has 1 aliphatic rings. The Balaban J connectivity index is 1.90. The van der Waals surface area contributed by atoms with E-state index in [1.165, 1.54) is 19.3 Å². The third-order valence-corrected chi connectivity index (χ3v) is 5.47. The predicted octanol–water partition coefficient (Wildman–Crippen LogP) is 5.25. The number of pyridine rings is 1. The lowest BCUT2D eigenvalue weighted by molar-refractivity contribution is 0.0642. The minimum atomic E-state index is -0.460. The zero-order valence-corrected chi connectivity index (χ0v) is 14.0. The molecule has 1 aliphatic carbocycles. The van der Waals surface area contributed by atoms with E-state index in [1.54, 1.807) is 0 Å². The van der Waals surface area contributed by atoms with Crippen molar-refractivity contribution in [1.82, 2.24) is 4.98 Å². The van der Waals surface area contributed by atoms with Crippen LogP contribution in [0.4, 0.5) is 0 Å². The van der Waals surface area contributed by atoms with Crippen LogP contribution in [-0.4, -0.2) is 10.1 Å². The van der Waals surface area contributed by atoms with Gasteiger partial charge in [-0.2, -0.15) is 0 Å². The minimum Gasteiger partial charge on any atom is -0.386 e. The van der Waals surface area contributed by atoms with E-state index in [1.807, 2.05) is 18.2 Å². The van der Waals surface area contributed by atoms with Gasteiger partial charge < -0.3 is 5.11 Å². The van der Waals surface area contributed by atoms with E-state index in [0.29, 0.717) is 5.92 Å². The van der Waals surface area contributed by atoms with E-state index in [9.17, 15) is 5.11 Å². The van der Waals surface area contributed by atoms with Crippen molar-refractivity contribution in [3.63, 3.8) is 0 Å². The topological polar surface area (TPSA) is 33.1 Å². The standard InChI is InChI=1S/C18H22BrNO/c1-2-12-6-5-8-14(10-12)18(21)17-15(19)11-13-7-3-4-9-16(13)20-17/h3-4,7,9,11-12,14,18,21H,2,5-6,8,10H2,1H3. The first-order chi connectivity index (χ1) is 10.2. The van der Waals surface area contributed by atoms with Gasteiger partial charge in [0.1, 0.15) is 0 Å². The maximum Gasteiger partial charge on any atom is 0.0999 e. The highest BCUT2D eigenvalue weighted by atomic mass is 79.9. The number of hydrogen-bond donors (Lipinski definition) is 1. The Morgan fingerprint density at radius 2 is 2.14 bits per heavy atom. The van der Waals surface area contributed by atoms with E-state index in [0.717, 1.165) is 39.8 Å². The Kier molecular flexibility index (Phi) is 4.60. The minimum absolute atomic E-state index is 0.341. The average Bonchev–Trinajstić information content (AvgIpc) is 2.53. The molecular formula is C18H22BrNO.